The maximum Gasteiger partial charge on any atom is 0.312 e. The third kappa shape index (κ3) is 3.09. The SMILES string of the molecule is NCc1ccc(Oc2c(Br)cccc2[N+](=O)[O-])c(Cl)c1. The highest BCUT2D eigenvalue weighted by molar-refractivity contribution is 9.10. The van der Waals surface area contributed by atoms with Gasteiger partial charge >= 0.3 is 5.69 Å². The quantitative estimate of drug-likeness (QED) is 0.655. The number of benzene rings is 2. The van der Waals surface area contributed by atoms with E-state index in [1.54, 1.807) is 30.3 Å². The first-order chi connectivity index (χ1) is 9.52. The fourth-order valence-electron chi connectivity index (χ4n) is 1.61. The summed E-state index contributed by atoms with van der Waals surface area (Å²) in [6.07, 6.45) is 0. The van der Waals surface area contributed by atoms with Crippen molar-refractivity contribution in [1.82, 2.24) is 0 Å². The highest BCUT2D eigenvalue weighted by Gasteiger charge is 2.19. The van der Waals surface area contributed by atoms with E-state index in [0.717, 1.165) is 5.56 Å². The average molecular weight is 358 g/mol. The van der Waals surface area contributed by atoms with Gasteiger partial charge in [0.05, 0.1) is 14.4 Å². The molecule has 0 amide bonds. The van der Waals surface area contributed by atoms with Crippen LogP contribution in [-0.2, 0) is 6.54 Å². The van der Waals surface area contributed by atoms with Crippen molar-refractivity contribution in [3.05, 3.63) is 61.6 Å². The van der Waals surface area contributed by atoms with Crippen LogP contribution in [0, 0.1) is 10.1 Å². The molecule has 0 aliphatic heterocycles. The fraction of sp³-hybridized carbons (Fsp3) is 0.0769. The van der Waals surface area contributed by atoms with Crippen LogP contribution >= 0.6 is 27.5 Å². The van der Waals surface area contributed by atoms with Crippen LogP contribution in [0.25, 0.3) is 0 Å². The molecule has 0 fully saturated rings. The van der Waals surface area contributed by atoms with Crippen LogP contribution < -0.4 is 10.5 Å². The maximum atomic E-state index is 11.0. The Kier molecular flexibility index (Phi) is 4.59. The van der Waals surface area contributed by atoms with E-state index in [9.17, 15) is 10.1 Å². The molecule has 2 aromatic rings. The number of nitro groups is 1. The molecule has 0 unspecified atom stereocenters. The zero-order valence-corrected chi connectivity index (χ0v) is 12.5. The minimum atomic E-state index is -0.512. The minimum absolute atomic E-state index is 0.111. The van der Waals surface area contributed by atoms with Gasteiger partial charge in [-0.3, -0.25) is 10.1 Å². The van der Waals surface area contributed by atoms with Gasteiger partial charge in [0.25, 0.3) is 0 Å². The number of nitro benzene ring substituents is 1. The molecule has 0 bridgehead atoms. The van der Waals surface area contributed by atoms with Gasteiger partial charge in [-0.1, -0.05) is 23.7 Å². The van der Waals surface area contributed by atoms with Crippen molar-refractivity contribution in [2.75, 3.05) is 0 Å². The monoisotopic (exact) mass is 356 g/mol. The van der Waals surface area contributed by atoms with Crippen LogP contribution in [0.1, 0.15) is 5.56 Å². The van der Waals surface area contributed by atoms with Gasteiger partial charge in [0.15, 0.2) is 0 Å². The molecular formula is C13H10BrClN2O3. The van der Waals surface area contributed by atoms with Crippen LogP contribution in [0.3, 0.4) is 0 Å². The molecule has 0 heterocycles. The first-order valence-electron chi connectivity index (χ1n) is 5.62. The van der Waals surface area contributed by atoms with Gasteiger partial charge in [-0.05, 0) is 39.7 Å². The van der Waals surface area contributed by atoms with Crippen molar-refractivity contribution in [2.45, 2.75) is 6.54 Å². The topological polar surface area (TPSA) is 78.4 Å². The Balaban J connectivity index is 2.42. The van der Waals surface area contributed by atoms with Gasteiger partial charge in [0.1, 0.15) is 5.75 Å². The second-order valence-corrected chi connectivity index (χ2v) is 5.18. The van der Waals surface area contributed by atoms with Crippen LogP contribution in [0.5, 0.6) is 11.5 Å². The Labute approximate surface area is 128 Å². The average Bonchev–Trinajstić information content (AvgIpc) is 2.42. The van der Waals surface area contributed by atoms with E-state index in [2.05, 4.69) is 15.9 Å². The van der Waals surface area contributed by atoms with Crippen molar-refractivity contribution in [2.24, 2.45) is 5.73 Å². The van der Waals surface area contributed by atoms with E-state index in [0.29, 0.717) is 21.8 Å². The predicted molar refractivity (Wildman–Crippen MR) is 80.2 cm³/mol. The van der Waals surface area contributed by atoms with Gasteiger partial charge in [-0.2, -0.15) is 0 Å². The van der Waals surface area contributed by atoms with Crippen molar-refractivity contribution < 1.29 is 9.66 Å². The lowest BCUT2D eigenvalue weighted by Gasteiger charge is -2.10. The Morgan fingerprint density at radius 3 is 2.70 bits per heavy atom. The summed E-state index contributed by atoms with van der Waals surface area (Å²) < 4.78 is 6.05. The second kappa shape index (κ2) is 6.21. The Bertz CT molecular complexity index is 664. The zero-order chi connectivity index (χ0) is 14.7. The summed E-state index contributed by atoms with van der Waals surface area (Å²) in [5, 5.41) is 11.4. The summed E-state index contributed by atoms with van der Waals surface area (Å²) in [5.41, 5.74) is 6.22. The Hall–Kier alpha value is -1.63. The number of nitrogens with two attached hydrogens (primary N) is 1. The number of hydrogen-bond acceptors (Lipinski definition) is 4. The van der Waals surface area contributed by atoms with Crippen LogP contribution in [0.2, 0.25) is 5.02 Å². The molecular weight excluding hydrogens is 348 g/mol. The normalized spacial score (nSPS) is 10.3. The molecule has 0 atom stereocenters. The summed E-state index contributed by atoms with van der Waals surface area (Å²) in [7, 11) is 0. The van der Waals surface area contributed by atoms with E-state index < -0.39 is 4.92 Å². The summed E-state index contributed by atoms with van der Waals surface area (Å²) in [5.74, 6) is 0.443. The molecule has 0 aromatic heterocycles. The number of hydrogen-bond donors (Lipinski definition) is 1. The number of halogens is 2. The van der Waals surface area contributed by atoms with E-state index in [-0.39, 0.29) is 11.4 Å². The number of nitrogens with zero attached hydrogens (tertiary/aromatic N) is 1. The molecule has 0 aliphatic rings. The summed E-state index contributed by atoms with van der Waals surface area (Å²) >= 11 is 9.31. The first kappa shape index (κ1) is 14.8. The standard InChI is InChI=1S/C13H10BrClN2O3/c14-9-2-1-3-11(17(18)19)13(9)20-12-5-4-8(7-16)6-10(12)15/h1-6H,7,16H2. The van der Waals surface area contributed by atoms with E-state index in [1.165, 1.54) is 6.07 Å². The van der Waals surface area contributed by atoms with Crippen molar-refractivity contribution in [3.63, 3.8) is 0 Å². The molecule has 104 valence electrons. The maximum absolute atomic E-state index is 11.0. The third-order valence-electron chi connectivity index (χ3n) is 2.59. The molecule has 0 aliphatic carbocycles. The van der Waals surface area contributed by atoms with Gasteiger partial charge in [-0.25, -0.2) is 0 Å². The van der Waals surface area contributed by atoms with E-state index in [4.69, 9.17) is 22.1 Å². The lowest BCUT2D eigenvalue weighted by Crippen LogP contribution is -1.97. The molecule has 0 radical (unpaired) electrons. The summed E-state index contributed by atoms with van der Waals surface area (Å²) in [6, 6.07) is 9.64. The highest BCUT2D eigenvalue weighted by atomic mass is 79.9. The van der Waals surface area contributed by atoms with Crippen LogP contribution in [-0.4, -0.2) is 4.92 Å². The third-order valence-corrected chi connectivity index (χ3v) is 3.51. The van der Waals surface area contributed by atoms with Gasteiger partial charge in [0, 0.05) is 12.6 Å². The molecule has 0 spiro atoms. The smallest absolute Gasteiger partial charge is 0.312 e. The summed E-state index contributed by atoms with van der Waals surface area (Å²) in [4.78, 5) is 10.5. The van der Waals surface area contributed by atoms with Gasteiger partial charge < -0.3 is 10.5 Å². The Morgan fingerprint density at radius 1 is 1.35 bits per heavy atom. The molecule has 20 heavy (non-hydrogen) atoms. The molecule has 0 saturated carbocycles. The van der Waals surface area contributed by atoms with Crippen LogP contribution in [0.4, 0.5) is 5.69 Å². The predicted octanol–water partition coefficient (Wildman–Crippen LogP) is 4.26. The number of rotatable bonds is 4. The van der Waals surface area contributed by atoms with Crippen LogP contribution in [0.15, 0.2) is 40.9 Å². The second-order valence-electron chi connectivity index (χ2n) is 3.92. The largest absolute Gasteiger partial charge is 0.447 e. The molecule has 2 rings (SSSR count). The summed E-state index contributed by atoms with van der Waals surface area (Å²) in [6.45, 7) is 0.356. The molecule has 5 nitrogen and oxygen atoms in total. The van der Waals surface area contributed by atoms with Gasteiger partial charge in [0.2, 0.25) is 5.75 Å². The van der Waals surface area contributed by atoms with Crippen molar-refractivity contribution in [3.8, 4) is 11.5 Å². The molecule has 0 saturated heterocycles. The lowest BCUT2D eigenvalue weighted by atomic mass is 10.2. The number of ether oxygens (including phenoxy) is 1. The van der Waals surface area contributed by atoms with E-state index in [1.807, 2.05) is 0 Å². The zero-order valence-electron chi connectivity index (χ0n) is 10.2. The first-order valence-corrected chi connectivity index (χ1v) is 6.79. The highest BCUT2D eigenvalue weighted by Crippen LogP contribution is 2.40. The Morgan fingerprint density at radius 2 is 2.10 bits per heavy atom. The van der Waals surface area contributed by atoms with Crippen molar-refractivity contribution >= 4 is 33.2 Å². The molecule has 2 N–H and O–H groups in total. The molecule has 2 aromatic carbocycles. The fourth-order valence-corrected chi connectivity index (χ4v) is 2.28. The number of para-hydroxylation sites is 1. The van der Waals surface area contributed by atoms with E-state index >= 15 is 0 Å². The lowest BCUT2D eigenvalue weighted by molar-refractivity contribution is -0.385. The van der Waals surface area contributed by atoms with Gasteiger partial charge in [-0.15, -0.1) is 0 Å². The minimum Gasteiger partial charge on any atom is -0.447 e. The van der Waals surface area contributed by atoms with Crippen molar-refractivity contribution in [1.29, 1.82) is 0 Å². The molecule has 7 heteroatoms.